The number of carbonyl (C=O) groups is 1. The molecule has 0 heterocycles. The lowest BCUT2D eigenvalue weighted by atomic mass is 10.1. The van der Waals surface area contributed by atoms with Crippen LogP contribution < -0.4 is 0 Å². The van der Waals surface area contributed by atoms with Gasteiger partial charge in [-0.15, -0.1) is 13.2 Å². The molecule has 0 aromatic heterocycles. The van der Waals surface area contributed by atoms with Gasteiger partial charge in [-0.25, -0.2) is 0 Å². The first-order chi connectivity index (χ1) is 8.60. The topological polar surface area (TPSA) is 37.3 Å². The van der Waals surface area contributed by atoms with Gasteiger partial charge in [-0.3, -0.25) is 4.79 Å². The summed E-state index contributed by atoms with van der Waals surface area (Å²) in [6.45, 7) is 12.7. The maximum absolute atomic E-state index is 10.1. The Hall–Kier alpha value is -1.05. The highest BCUT2D eigenvalue weighted by molar-refractivity contribution is 5.66. The predicted molar refractivity (Wildman–Crippen MR) is 82.0 cm³/mol. The Morgan fingerprint density at radius 3 is 1.61 bits per heavy atom. The van der Waals surface area contributed by atoms with Crippen LogP contribution in [0.3, 0.4) is 0 Å². The predicted octanol–water partition coefficient (Wildman–Crippen LogP) is 5.60. The molecule has 1 N–H and O–H groups in total. The summed E-state index contributed by atoms with van der Waals surface area (Å²) in [4.78, 5) is 10.1. The maximum Gasteiger partial charge on any atom is 0.303 e. The fraction of sp³-hybridized carbons (Fsp3) is 0.688. The molecule has 0 saturated heterocycles. The van der Waals surface area contributed by atoms with Crippen LogP contribution in [0.4, 0.5) is 0 Å². The van der Waals surface area contributed by atoms with Crippen LogP contribution >= 0.6 is 0 Å². The van der Waals surface area contributed by atoms with Gasteiger partial charge in [0, 0.05) is 6.42 Å². The zero-order chi connectivity index (χ0) is 14.6. The largest absolute Gasteiger partial charge is 0.481 e. The van der Waals surface area contributed by atoms with E-state index in [4.69, 9.17) is 5.11 Å². The van der Waals surface area contributed by atoms with Crippen molar-refractivity contribution < 1.29 is 9.90 Å². The molecule has 0 aliphatic carbocycles. The molecule has 18 heavy (non-hydrogen) atoms. The van der Waals surface area contributed by atoms with E-state index in [0.717, 1.165) is 12.8 Å². The second kappa shape index (κ2) is 25.0. The number of rotatable bonds is 8. The van der Waals surface area contributed by atoms with Crippen molar-refractivity contribution in [3.8, 4) is 0 Å². The average Bonchev–Trinajstić information content (AvgIpc) is 2.29. The Balaban J connectivity index is -0.000000315. The lowest BCUT2D eigenvalue weighted by Gasteiger charge is -1.98. The number of carboxylic acid groups (broad SMARTS) is 1. The highest BCUT2D eigenvalue weighted by Crippen LogP contribution is 2.07. The van der Waals surface area contributed by atoms with Crippen LogP contribution in [0.25, 0.3) is 0 Å². The van der Waals surface area contributed by atoms with Gasteiger partial charge in [-0.1, -0.05) is 57.6 Å². The second-order valence-electron chi connectivity index (χ2n) is 4.08. The summed E-state index contributed by atoms with van der Waals surface area (Å²) in [6.07, 6.45) is 12.1. The molecular weight excluding hydrogens is 224 g/mol. The van der Waals surface area contributed by atoms with Crippen LogP contribution in [-0.2, 0) is 4.79 Å². The highest BCUT2D eigenvalue weighted by Gasteiger charge is 1.95. The van der Waals surface area contributed by atoms with Crippen molar-refractivity contribution in [3.05, 3.63) is 25.3 Å². The smallest absolute Gasteiger partial charge is 0.303 e. The van der Waals surface area contributed by atoms with Crippen molar-refractivity contribution in [2.24, 2.45) is 0 Å². The number of unbranched alkanes of at least 4 members (excludes halogenated alkanes) is 6. The summed E-state index contributed by atoms with van der Waals surface area (Å²) in [5.41, 5.74) is 0. The summed E-state index contributed by atoms with van der Waals surface area (Å²) in [5.74, 6) is -0.663. The third-order valence-corrected chi connectivity index (χ3v) is 1.99. The molecule has 0 aliphatic rings. The number of allylic oxidation sites excluding steroid dienone is 2. The standard InChI is InChI=1S/C10H20O2.2C3H6/c1-2-3-4-5-6-7-8-9-10(11)12;2*1-3-2/h2-9H2,1H3,(H,11,12);2*3H,1H2,2H3. The third-order valence-electron chi connectivity index (χ3n) is 1.99. The van der Waals surface area contributed by atoms with Gasteiger partial charge < -0.3 is 5.11 Å². The Kier molecular flexibility index (Phi) is 30.7. The molecule has 108 valence electrons. The number of hydrogen-bond donors (Lipinski definition) is 1. The summed E-state index contributed by atoms with van der Waals surface area (Å²) < 4.78 is 0. The summed E-state index contributed by atoms with van der Waals surface area (Å²) in [7, 11) is 0. The minimum Gasteiger partial charge on any atom is -0.481 e. The van der Waals surface area contributed by atoms with Gasteiger partial charge in [0.15, 0.2) is 0 Å². The van der Waals surface area contributed by atoms with Gasteiger partial charge in [-0.2, -0.15) is 0 Å². The first kappa shape index (κ1) is 22.2. The van der Waals surface area contributed by atoms with E-state index in [1.807, 2.05) is 13.8 Å². The second-order valence-corrected chi connectivity index (χ2v) is 4.08. The fourth-order valence-electron chi connectivity index (χ4n) is 1.23. The first-order valence-corrected chi connectivity index (χ1v) is 6.96. The lowest BCUT2D eigenvalue weighted by molar-refractivity contribution is -0.137. The van der Waals surface area contributed by atoms with E-state index >= 15 is 0 Å². The van der Waals surface area contributed by atoms with Crippen LogP contribution in [0.5, 0.6) is 0 Å². The van der Waals surface area contributed by atoms with E-state index in [2.05, 4.69) is 20.1 Å². The summed E-state index contributed by atoms with van der Waals surface area (Å²) >= 11 is 0. The highest BCUT2D eigenvalue weighted by atomic mass is 16.4. The molecule has 0 bridgehead atoms. The van der Waals surface area contributed by atoms with Gasteiger partial charge in [0.25, 0.3) is 0 Å². The normalized spacial score (nSPS) is 8.17. The van der Waals surface area contributed by atoms with Crippen LogP contribution in [0.1, 0.15) is 72.1 Å². The molecule has 2 heteroatoms. The van der Waals surface area contributed by atoms with Gasteiger partial charge in [0.05, 0.1) is 0 Å². The minimum atomic E-state index is -0.663. The quantitative estimate of drug-likeness (QED) is 0.453. The van der Waals surface area contributed by atoms with Crippen LogP contribution in [0, 0.1) is 0 Å². The van der Waals surface area contributed by atoms with Crippen molar-refractivity contribution >= 4 is 5.97 Å². The van der Waals surface area contributed by atoms with Crippen LogP contribution in [0.15, 0.2) is 25.3 Å². The van der Waals surface area contributed by atoms with Crippen molar-refractivity contribution in [1.29, 1.82) is 0 Å². The molecule has 0 radical (unpaired) electrons. The molecule has 0 aliphatic heterocycles. The minimum absolute atomic E-state index is 0.341. The lowest BCUT2D eigenvalue weighted by Crippen LogP contribution is -1.93. The maximum atomic E-state index is 10.1. The monoisotopic (exact) mass is 256 g/mol. The Labute approximate surface area is 114 Å². The van der Waals surface area contributed by atoms with Crippen LogP contribution in [0.2, 0.25) is 0 Å². The van der Waals surface area contributed by atoms with Crippen molar-refractivity contribution in [2.45, 2.75) is 72.1 Å². The Bertz CT molecular complexity index is 168. The van der Waals surface area contributed by atoms with E-state index in [9.17, 15) is 4.79 Å². The first-order valence-electron chi connectivity index (χ1n) is 6.96. The SMILES string of the molecule is C=CC.C=CC.CCCCCCCCCC(=O)O. The van der Waals surface area contributed by atoms with E-state index in [1.54, 1.807) is 12.2 Å². The third kappa shape index (κ3) is 46.0. The number of aliphatic carboxylic acids is 1. The molecule has 0 amide bonds. The molecule has 0 spiro atoms. The molecule has 0 rings (SSSR count). The molecule has 0 atom stereocenters. The molecular formula is C16H32O2. The van der Waals surface area contributed by atoms with Crippen molar-refractivity contribution in [2.75, 3.05) is 0 Å². The molecule has 0 aromatic carbocycles. The summed E-state index contributed by atoms with van der Waals surface area (Å²) in [6, 6.07) is 0. The van der Waals surface area contributed by atoms with Crippen LogP contribution in [-0.4, -0.2) is 11.1 Å². The van der Waals surface area contributed by atoms with E-state index in [0.29, 0.717) is 6.42 Å². The summed E-state index contributed by atoms with van der Waals surface area (Å²) in [5, 5.41) is 8.35. The molecule has 0 aromatic rings. The Morgan fingerprint density at radius 2 is 1.28 bits per heavy atom. The van der Waals surface area contributed by atoms with Gasteiger partial charge >= 0.3 is 5.97 Å². The van der Waals surface area contributed by atoms with E-state index < -0.39 is 5.97 Å². The van der Waals surface area contributed by atoms with Crippen molar-refractivity contribution in [1.82, 2.24) is 0 Å². The Morgan fingerprint density at radius 1 is 0.944 bits per heavy atom. The van der Waals surface area contributed by atoms with Gasteiger partial charge in [-0.05, 0) is 20.3 Å². The van der Waals surface area contributed by atoms with E-state index in [1.165, 1.54) is 32.1 Å². The molecule has 0 unspecified atom stereocenters. The van der Waals surface area contributed by atoms with Gasteiger partial charge in [0.1, 0.15) is 0 Å². The van der Waals surface area contributed by atoms with Crippen molar-refractivity contribution in [3.63, 3.8) is 0 Å². The fourth-order valence-corrected chi connectivity index (χ4v) is 1.23. The van der Waals surface area contributed by atoms with E-state index in [-0.39, 0.29) is 0 Å². The average molecular weight is 256 g/mol. The van der Waals surface area contributed by atoms with Gasteiger partial charge in [0.2, 0.25) is 0 Å². The molecule has 2 nitrogen and oxygen atoms in total. The number of carboxylic acids is 1. The zero-order valence-corrected chi connectivity index (χ0v) is 12.6. The molecule has 0 fully saturated rings. The molecule has 0 saturated carbocycles. The number of hydrogen-bond acceptors (Lipinski definition) is 1. The zero-order valence-electron chi connectivity index (χ0n) is 12.6.